The van der Waals surface area contributed by atoms with Gasteiger partial charge in [-0.25, -0.2) is 0 Å². The number of hydrogen-bond acceptors (Lipinski definition) is 3. The van der Waals surface area contributed by atoms with E-state index in [2.05, 4.69) is 5.32 Å². The maximum Gasteiger partial charge on any atom is 0.143 e. The molecule has 0 radical (unpaired) electrons. The van der Waals surface area contributed by atoms with Crippen molar-refractivity contribution < 1.29 is 9.59 Å². The molecule has 0 fully saturated rings. The zero-order valence-corrected chi connectivity index (χ0v) is 5.52. The van der Waals surface area contributed by atoms with E-state index in [1.807, 2.05) is 0 Å². The van der Waals surface area contributed by atoms with Gasteiger partial charge in [-0.05, 0) is 6.92 Å². The molecule has 0 bridgehead atoms. The molecular weight excluding hydrogens is 118 g/mol. The van der Waals surface area contributed by atoms with Crippen molar-refractivity contribution in [2.45, 2.75) is 13.3 Å². The highest BCUT2D eigenvalue weighted by Crippen LogP contribution is 1.67. The first kappa shape index (κ1) is 8.30. The van der Waals surface area contributed by atoms with Gasteiger partial charge in [0.1, 0.15) is 12.1 Å². The second-order valence-electron chi connectivity index (χ2n) is 1.83. The minimum atomic E-state index is 0.0981. The molecule has 3 heteroatoms. The Morgan fingerprint density at radius 3 is 2.78 bits per heavy atom. The van der Waals surface area contributed by atoms with Crippen molar-refractivity contribution in [3.63, 3.8) is 0 Å². The van der Waals surface area contributed by atoms with Gasteiger partial charge in [0.15, 0.2) is 0 Å². The van der Waals surface area contributed by atoms with Gasteiger partial charge in [0, 0.05) is 13.0 Å². The molecule has 0 aliphatic rings. The number of hydrogen-bond donors (Lipinski definition) is 1. The summed E-state index contributed by atoms with van der Waals surface area (Å²) >= 11 is 0. The molecule has 0 atom stereocenters. The van der Waals surface area contributed by atoms with Crippen molar-refractivity contribution in [2.75, 3.05) is 13.1 Å². The third kappa shape index (κ3) is 7.30. The average molecular weight is 129 g/mol. The third-order valence-electron chi connectivity index (χ3n) is 0.813. The highest BCUT2D eigenvalue weighted by molar-refractivity contribution is 5.77. The lowest BCUT2D eigenvalue weighted by Crippen LogP contribution is -2.22. The Morgan fingerprint density at radius 1 is 1.67 bits per heavy atom. The van der Waals surface area contributed by atoms with Crippen molar-refractivity contribution in [1.82, 2.24) is 5.32 Å². The first-order valence-corrected chi connectivity index (χ1v) is 2.91. The summed E-state index contributed by atoms with van der Waals surface area (Å²) < 4.78 is 0. The molecule has 0 aliphatic heterocycles. The van der Waals surface area contributed by atoms with Crippen LogP contribution in [0.1, 0.15) is 13.3 Å². The topological polar surface area (TPSA) is 46.2 Å². The van der Waals surface area contributed by atoms with E-state index in [1.165, 1.54) is 6.92 Å². The average Bonchev–Trinajstić information content (AvgIpc) is 1.80. The van der Waals surface area contributed by atoms with E-state index < -0.39 is 0 Å². The number of carbonyl (C=O) groups is 2. The van der Waals surface area contributed by atoms with Crippen LogP contribution in [0, 0.1) is 0 Å². The van der Waals surface area contributed by atoms with E-state index in [1.54, 1.807) is 0 Å². The summed E-state index contributed by atoms with van der Waals surface area (Å²) in [6, 6.07) is 0. The lowest BCUT2D eigenvalue weighted by Gasteiger charge is -1.95. The zero-order chi connectivity index (χ0) is 7.11. The summed E-state index contributed by atoms with van der Waals surface area (Å²) in [4.78, 5) is 20.0. The van der Waals surface area contributed by atoms with Crippen molar-refractivity contribution in [1.29, 1.82) is 0 Å². The molecule has 9 heavy (non-hydrogen) atoms. The number of Topliss-reactive ketones (excluding diaryl/α,β-unsaturated/α-hetero) is 1. The van der Waals surface area contributed by atoms with E-state index in [9.17, 15) is 9.59 Å². The summed E-state index contributed by atoms with van der Waals surface area (Å²) in [5.74, 6) is 0.0981. The van der Waals surface area contributed by atoms with Crippen LogP contribution in [0.3, 0.4) is 0 Å². The van der Waals surface area contributed by atoms with Crippen molar-refractivity contribution >= 4 is 12.1 Å². The van der Waals surface area contributed by atoms with Crippen molar-refractivity contribution in [2.24, 2.45) is 0 Å². The van der Waals surface area contributed by atoms with Gasteiger partial charge in [-0.1, -0.05) is 0 Å². The molecule has 1 N–H and O–H groups in total. The molecule has 0 unspecified atom stereocenters. The standard InChI is InChI=1S/C6H11NO2/c1-6(9)5-7-3-2-4-8/h4,7H,2-3,5H2,1H3. The van der Waals surface area contributed by atoms with Gasteiger partial charge in [0.2, 0.25) is 0 Å². The van der Waals surface area contributed by atoms with Crippen LogP contribution in [0.4, 0.5) is 0 Å². The fraction of sp³-hybridized carbons (Fsp3) is 0.667. The van der Waals surface area contributed by atoms with Crippen molar-refractivity contribution in [3.05, 3.63) is 0 Å². The molecule has 0 amide bonds. The number of aldehydes is 1. The number of nitrogens with one attached hydrogen (secondary N) is 1. The Bertz CT molecular complexity index is 101. The SMILES string of the molecule is CC(=O)CNCCC=O. The second kappa shape index (κ2) is 5.44. The molecule has 0 aromatic carbocycles. The summed E-state index contributed by atoms with van der Waals surface area (Å²) in [6.07, 6.45) is 1.31. The van der Waals surface area contributed by atoms with Gasteiger partial charge in [-0.2, -0.15) is 0 Å². The summed E-state index contributed by atoms with van der Waals surface area (Å²) in [5.41, 5.74) is 0. The van der Waals surface area contributed by atoms with E-state index in [0.29, 0.717) is 19.5 Å². The monoisotopic (exact) mass is 129 g/mol. The number of ketones is 1. The van der Waals surface area contributed by atoms with Gasteiger partial charge >= 0.3 is 0 Å². The Kier molecular flexibility index (Phi) is 5.01. The van der Waals surface area contributed by atoms with Crippen LogP contribution in [0.25, 0.3) is 0 Å². The van der Waals surface area contributed by atoms with Crippen molar-refractivity contribution in [3.8, 4) is 0 Å². The van der Waals surface area contributed by atoms with Gasteiger partial charge in [-0.3, -0.25) is 4.79 Å². The molecule has 0 aliphatic carbocycles. The van der Waals surface area contributed by atoms with E-state index in [0.717, 1.165) is 6.29 Å². The molecule has 0 aromatic rings. The van der Waals surface area contributed by atoms with Crippen LogP contribution in [0.5, 0.6) is 0 Å². The minimum absolute atomic E-state index is 0.0981. The number of rotatable bonds is 5. The molecule has 0 rings (SSSR count). The molecule has 0 saturated heterocycles. The van der Waals surface area contributed by atoms with E-state index in [4.69, 9.17) is 0 Å². The highest BCUT2D eigenvalue weighted by Gasteiger charge is 1.89. The molecule has 52 valence electrons. The molecule has 0 heterocycles. The van der Waals surface area contributed by atoms with Crippen LogP contribution in [-0.2, 0) is 9.59 Å². The summed E-state index contributed by atoms with van der Waals surface area (Å²) in [5, 5.41) is 2.80. The predicted octanol–water partition coefficient (Wildman–Crippen LogP) is -0.246. The molecule has 0 saturated carbocycles. The summed E-state index contributed by atoms with van der Waals surface area (Å²) in [6.45, 7) is 2.48. The first-order valence-electron chi connectivity index (χ1n) is 2.91. The molecule has 0 aromatic heterocycles. The van der Waals surface area contributed by atoms with Crippen LogP contribution < -0.4 is 5.32 Å². The quantitative estimate of drug-likeness (QED) is 0.411. The summed E-state index contributed by atoms with van der Waals surface area (Å²) in [7, 11) is 0. The van der Waals surface area contributed by atoms with Gasteiger partial charge in [0.25, 0.3) is 0 Å². The normalized spacial score (nSPS) is 9.00. The third-order valence-corrected chi connectivity index (χ3v) is 0.813. The molecule has 0 spiro atoms. The van der Waals surface area contributed by atoms with E-state index >= 15 is 0 Å². The largest absolute Gasteiger partial charge is 0.310 e. The first-order chi connectivity index (χ1) is 4.27. The van der Waals surface area contributed by atoms with Crippen LogP contribution in [0.2, 0.25) is 0 Å². The number of carbonyl (C=O) groups excluding carboxylic acids is 2. The van der Waals surface area contributed by atoms with E-state index in [-0.39, 0.29) is 5.78 Å². The van der Waals surface area contributed by atoms with Gasteiger partial charge in [-0.15, -0.1) is 0 Å². The Balaban J connectivity index is 2.91. The van der Waals surface area contributed by atoms with Gasteiger partial charge in [0.05, 0.1) is 6.54 Å². The predicted molar refractivity (Wildman–Crippen MR) is 34.2 cm³/mol. The fourth-order valence-electron chi connectivity index (χ4n) is 0.425. The van der Waals surface area contributed by atoms with Crippen LogP contribution in [0.15, 0.2) is 0 Å². The van der Waals surface area contributed by atoms with Crippen LogP contribution >= 0.6 is 0 Å². The highest BCUT2D eigenvalue weighted by atomic mass is 16.1. The molecule has 3 nitrogen and oxygen atoms in total. The second-order valence-corrected chi connectivity index (χ2v) is 1.83. The van der Waals surface area contributed by atoms with Crippen LogP contribution in [-0.4, -0.2) is 25.2 Å². The maximum atomic E-state index is 10.3. The van der Waals surface area contributed by atoms with Gasteiger partial charge < -0.3 is 10.1 Å². The Labute approximate surface area is 54.4 Å². The Hall–Kier alpha value is -0.700. The Morgan fingerprint density at radius 2 is 2.33 bits per heavy atom. The smallest absolute Gasteiger partial charge is 0.143 e. The fourth-order valence-corrected chi connectivity index (χ4v) is 0.425. The zero-order valence-electron chi connectivity index (χ0n) is 5.52. The lowest BCUT2D eigenvalue weighted by molar-refractivity contribution is -0.116. The maximum absolute atomic E-state index is 10.3. The molecular formula is C6H11NO2. The lowest BCUT2D eigenvalue weighted by atomic mass is 10.4. The minimum Gasteiger partial charge on any atom is -0.310 e.